The number of aliphatic hydroxyl groups excluding tert-OH is 8. The molecule has 1 amide bonds. The standard InChI is InChI=1S/C67H121NO13/c1-3-5-7-9-11-13-15-17-19-21-23-24-25-26-27-28-29-30-31-33-34-36-38-40-42-44-46-48-50-56(71)55(68-59(72)51-49-47-45-43-41-39-37-35-32-22-20-18-16-14-12-10-8-6-4-2)54-78-66-64(77)62(75)65(58(53-70)80-66)81-67-63(76)61(74)60(73)57(52-69)79-67/h12,14,18,20,32,35,40,42,48,50,55-58,60-67,69-71,73-77H,3-11,13,15-17,19,21-31,33-34,36-39,41,43-47,49,51-54H2,1-2H3,(H,68,72)/b14-12-,20-18-,35-32-,42-40+,50-48+. The van der Waals surface area contributed by atoms with E-state index in [1.54, 1.807) is 6.08 Å². The lowest BCUT2D eigenvalue weighted by atomic mass is 9.97. The monoisotopic (exact) mass is 1150 g/mol. The summed E-state index contributed by atoms with van der Waals surface area (Å²) in [5.41, 5.74) is 0. The normalized spacial score (nSPS) is 24.5. The summed E-state index contributed by atoms with van der Waals surface area (Å²) in [5, 5.41) is 87.2. The van der Waals surface area contributed by atoms with Gasteiger partial charge in [-0.15, -0.1) is 0 Å². The van der Waals surface area contributed by atoms with Crippen molar-refractivity contribution in [2.45, 2.75) is 338 Å². The second kappa shape index (κ2) is 52.1. The van der Waals surface area contributed by atoms with Crippen LogP contribution in [0, 0.1) is 0 Å². The summed E-state index contributed by atoms with van der Waals surface area (Å²) in [7, 11) is 0. The Kier molecular flexibility index (Phi) is 48.1. The second-order valence-electron chi connectivity index (χ2n) is 23.2. The average Bonchev–Trinajstić information content (AvgIpc) is 3.63. The highest BCUT2D eigenvalue weighted by Crippen LogP contribution is 2.30. The molecule has 2 fully saturated rings. The van der Waals surface area contributed by atoms with Gasteiger partial charge in [-0.25, -0.2) is 0 Å². The summed E-state index contributed by atoms with van der Waals surface area (Å²) in [4.78, 5) is 13.3. The highest BCUT2D eigenvalue weighted by atomic mass is 16.7. The summed E-state index contributed by atoms with van der Waals surface area (Å²) in [5.74, 6) is -0.261. The van der Waals surface area contributed by atoms with Crippen LogP contribution in [0.4, 0.5) is 0 Å². The van der Waals surface area contributed by atoms with E-state index in [0.29, 0.717) is 12.8 Å². The Hall–Kier alpha value is -2.31. The number of amides is 1. The molecule has 0 spiro atoms. The number of rotatable bonds is 53. The van der Waals surface area contributed by atoms with E-state index in [-0.39, 0.29) is 18.9 Å². The Balaban J connectivity index is 1.73. The summed E-state index contributed by atoms with van der Waals surface area (Å²) in [6.07, 6.45) is 51.3. The molecule has 472 valence electrons. The van der Waals surface area contributed by atoms with E-state index in [4.69, 9.17) is 18.9 Å². The van der Waals surface area contributed by atoms with Gasteiger partial charge in [0.05, 0.1) is 32.0 Å². The first-order chi connectivity index (χ1) is 39.6. The van der Waals surface area contributed by atoms with Gasteiger partial charge in [0.15, 0.2) is 12.6 Å². The van der Waals surface area contributed by atoms with Crippen LogP contribution in [0.15, 0.2) is 60.8 Å². The van der Waals surface area contributed by atoms with Gasteiger partial charge in [-0.05, 0) is 70.6 Å². The maximum Gasteiger partial charge on any atom is 0.220 e. The van der Waals surface area contributed by atoms with Gasteiger partial charge in [0.2, 0.25) is 5.91 Å². The second-order valence-corrected chi connectivity index (χ2v) is 23.2. The molecular formula is C67H121NO13. The van der Waals surface area contributed by atoms with Crippen molar-refractivity contribution in [2.24, 2.45) is 0 Å². The van der Waals surface area contributed by atoms with Crippen LogP contribution in [0.3, 0.4) is 0 Å². The molecule has 12 unspecified atom stereocenters. The minimum absolute atomic E-state index is 0.257. The highest BCUT2D eigenvalue weighted by Gasteiger charge is 2.51. The number of hydrogen-bond donors (Lipinski definition) is 9. The van der Waals surface area contributed by atoms with Gasteiger partial charge < -0.3 is 65.1 Å². The van der Waals surface area contributed by atoms with Crippen LogP contribution in [0.1, 0.15) is 264 Å². The number of allylic oxidation sites excluding steroid dienone is 9. The number of ether oxygens (including phenoxy) is 4. The molecule has 2 aliphatic rings. The number of unbranched alkanes of at least 4 members (excludes halogenated alkanes) is 32. The first-order valence-corrected chi connectivity index (χ1v) is 33.0. The summed E-state index contributed by atoms with van der Waals surface area (Å²) in [6, 6.07) is -0.942. The largest absolute Gasteiger partial charge is 0.394 e. The minimum atomic E-state index is -1.79. The van der Waals surface area contributed by atoms with Gasteiger partial charge in [-0.2, -0.15) is 0 Å². The van der Waals surface area contributed by atoms with Crippen LogP contribution in [0.2, 0.25) is 0 Å². The van der Waals surface area contributed by atoms with E-state index >= 15 is 0 Å². The Morgan fingerprint density at radius 3 is 1.32 bits per heavy atom. The smallest absolute Gasteiger partial charge is 0.220 e. The molecule has 2 aliphatic heterocycles. The molecule has 14 nitrogen and oxygen atoms in total. The molecule has 0 saturated carbocycles. The van der Waals surface area contributed by atoms with Crippen molar-refractivity contribution in [1.29, 1.82) is 0 Å². The fourth-order valence-corrected chi connectivity index (χ4v) is 10.6. The number of nitrogens with one attached hydrogen (secondary N) is 1. The maximum absolute atomic E-state index is 13.3. The number of carbonyl (C=O) groups excluding carboxylic acids is 1. The van der Waals surface area contributed by atoms with E-state index in [2.05, 4.69) is 67.8 Å². The molecule has 12 atom stereocenters. The van der Waals surface area contributed by atoms with E-state index in [9.17, 15) is 45.6 Å². The fraction of sp³-hybridized carbons (Fsp3) is 0.836. The number of carbonyl (C=O) groups is 1. The first kappa shape index (κ1) is 74.8. The van der Waals surface area contributed by atoms with Gasteiger partial charge in [0.25, 0.3) is 0 Å². The van der Waals surface area contributed by atoms with Crippen LogP contribution in [0.25, 0.3) is 0 Å². The van der Waals surface area contributed by atoms with E-state index in [1.807, 2.05) is 6.08 Å². The summed E-state index contributed by atoms with van der Waals surface area (Å²) < 4.78 is 22.8. The molecule has 0 aromatic carbocycles. The third kappa shape index (κ3) is 37.0. The summed E-state index contributed by atoms with van der Waals surface area (Å²) >= 11 is 0. The zero-order valence-corrected chi connectivity index (χ0v) is 51.0. The zero-order chi connectivity index (χ0) is 58.8. The molecule has 2 heterocycles. The molecule has 0 bridgehead atoms. The van der Waals surface area contributed by atoms with E-state index in [1.165, 1.54) is 167 Å². The predicted molar refractivity (Wildman–Crippen MR) is 327 cm³/mol. The Bertz CT molecular complexity index is 1590. The van der Waals surface area contributed by atoms with Crippen molar-refractivity contribution >= 4 is 5.91 Å². The van der Waals surface area contributed by atoms with Crippen LogP contribution in [-0.2, 0) is 23.7 Å². The molecular weight excluding hydrogens is 1030 g/mol. The third-order valence-corrected chi connectivity index (χ3v) is 15.9. The van der Waals surface area contributed by atoms with E-state index < -0.39 is 86.8 Å². The molecule has 0 aliphatic carbocycles. The van der Waals surface area contributed by atoms with E-state index in [0.717, 1.165) is 64.2 Å². The minimum Gasteiger partial charge on any atom is -0.394 e. The van der Waals surface area contributed by atoms with Crippen LogP contribution < -0.4 is 5.32 Å². The van der Waals surface area contributed by atoms with Crippen molar-refractivity contribution in [3.8, 4) is 0 Å². The first-order valence-electron chi connectivity index (χ1n) is 33.0. The lowest BCUT2D eigenvalue weighted by molar-refractivity contribution is -0.359. The van der Waals surface area contributed by atoms with Crippen molar-refractivity contribution in [2.75, 3.05) is 19.8 Å². The zero-order valence-electron chi connectivity index (χ0n) is 51.0. The SMILES string of the molecule is CCCCC/C=C\C/C=C\C/C=C\CCCCCCCCC(=O)NC(COC1OC(CO)C(OC2OC(CO)C(O)C(O)C2O)C(O)C1O)C(O)/C=C/CC/C=C/CCCCCCCCCCCCCCCCCCCCCCCC. The Morgan fingerprint density at radius 2 is 0.827 bits per heavy atom. The van der Waals surface area contributed by atoms with Crippen molar-refractivity contribution in [1.82, 2.24) is 5.32 Å². The lowest BCUT2D eigenvalue weighted by Gasteiger charge is -2.46. The van der Waals surface area contributed by atoms with Gasteiger partial charge in [0, 0.05) is 6.42 Å². The molecule has 2 saturated heterocycles. The summed E-state index contributed by atoms with van der Waals surface area (Å²) in [6.45, 7) is 2.76. The molecule has 9 N–H and O–H groups in total. The van der Waals surface area contributed by atoms with Crippen LogP contribution in [-0.4, -0.2) is 140 Å². The van der Waals surface area contributed by atoms with Crippen LogP contribution >= 0.6 is 0 Å². The molecule has 81 heavy (non-hydrogen) atoms. The topological polar surface area (TPSA) is 228 Å². The maximum atomic E-state index is 13.3. The van der Waals surface area contributed by atoms with Gasteiger partial charge in [-0.1, -0.05) is 248 Å². The van der Waals surface area contributed by atoms with Gasteiger partial charge in [0.1, 0.15) is 48.8 Å². The lowest BCUT2D eigenvalue weighted by Crippen LogP contribution is -2.65. The van der Waals surface area contributed by atoms with Crippen LogP contribution in [0.5, 0.6) is 0 Å². The number of aliphatic hydroxyl groups is 8. The van der Waals surface area contributed by atoms with Crippen molar-refractivity contribution in [3.63, 3.8) is 0 Å². The van der Waals surface area contributed by atoms with Crippen molar-refractivity contribution < 1.29 is 64.6 Å². The molecule has 0 aromatic heterocycles. The average molecular weight is 1150 g/mol. The quantitative estimate of drug-likeness (QED) is 0.0204. The van der Waals surface area contributed by atoms with Gasteiger partial charge in [-0.3, -0.25) is 4.79 Å². The third-order valence-electron chi connectivity index (χ3n) is 15.9. The van der Waals surface area contributed by atoms with Crippen molar-refractivity contribution in [3.05, 3.63) is 60.8 Å². The van der Waals surface area contributed by atoms with Gasteiger partial charge >= 0.3 is 0 Å². The molecule has 0 radical (unpaired) electrons. The molecule has 14 heteroatoms. The molecule has 0 aromatic rings. The Labute approximate surface area is 492 Å². The molecule has 2 rings (SSSR count). The highest BCUT2D eigenvalue weighted by molar-refractivity contribution is 5.76. The Morgan fingerprint density at radius 1 is 0.444 bits per heavy atom. The number of hydrogen-bond acceptors (Lipinski definition) is 13. The fourth-order valence-electron chi connectivity index (χ4n) is 10.6. The predicted octanol–water partition coefficient (Wildman–Crippen LogP) is 12.5.